The van der Waals surface area contributed by atoms with Crippen LogP contribution in [0.1, 0.15) is 21.5 Å². The number of hydrogen-bond donors (Lipinski definition) is 3. The number of amides is 1. The Kier molecular flexibility index (Phi) is 2.94. The Morgan fingerprint density at radius 2 is 1.95 bits per heavy atom. The van der Waals surface area contributed by atoms with Crippen molar-refractivity contribution in [1.29, 1.82) is 0 Å². The second-order valence-corrected chi connectivity index (χ2v) is 5.44. The molecule has 1 aliphatic rings. The molecule has 0 unspecified atom stereocenters. The normalized spacial score (nSPS) is 13.3. The van der Waals surface area contributed by atoms with E-state index in [9.17, 15) is 9.18 Å². The smallest absolute Gasteiger partial charge is 0.255 e. The van der Waals surface area contributed by atoms with Crippen LogP contribution in [-0.2, 0) is 13.1 Å². The molecule has 0 spiro atoms. The summed E-state index contributed by atoms with van der Waals surface area (Å²) in [6.07, 6.45) is 1.66. The van der Waals surface area contributed by atoms with Crippen molar-refractivity contribution in [3.8, 4) is 0 Å². The molecular weight excluding hydrogens is 281 g/mol. The summed E-state index contributed by atoms with van der Waals surface area (Å²) in [5.41, 5.74) is 3.88. The summed E-state index contributed by atoms with van der Waals surface area (Å²) in [4.78, 5) is 15.1. The van der Waals surface area contributed by atoms with Crippen LogP contribution < -0.4 is 10.6 Å². The lowest BCUT2D eigenvalue weighted by atomic mass is 10.1. The number of fused-ring (bicyclic) bond motifs is 2. The fraction of sp³-hybridized carbons (Fsp3) is 0.118. The molecule has 5 heteroatoms. The molecule has 0 atom stereocenters. The van der Waals surface area contributed by atoms with Crippen molar-refractivity contribution in [2.75, 3.05) is 5.32 Å². The maximum atomic E-state index is 13.9. The molecule has 2 heterocycles. The molecule has 110 valence electrons. The predicted molar refractivity (Wildman–Crippen MR) is 83.2 cm³/mol. The van der Waals surface area contributed by atoms with E-state index < -0.39 is 5.82 Å². The maximum absolute atomic E-state index is 13.9. The first-order chi connectivity index (χ1) is 10.7. The van der Waals surface area contributed by atoms with Gasteiger partial charge in [-0.2, -0.15) is 0 Å². The van der Waals surface area contributed by atoms with Crippen LogP contribution in [0.4, 0.5) is 10.1 Å². The fourth-order valence-electron chi connectivity index (χ4n) is 2.83. The van der Waals surface area contributed by atoms with E-state index in [1.807, 2.05) is 18.2 Å². The van der Waals surface area contributed by atoms with Crippen LogP contribution in [0.25, 0.3) is 10.9 Å². The number of carbonyl (C=O) groups excluding carboxylic acids is 1. The number of benzene rings is 2. The van der Waals surface area contributed by atoms with Crippen LogP contribution >= 0.6 is 0 Å². The number of rotatable bonds is 2. The van der Waals surface area contributed by atoms with Crippen LogP contribution in [0.2, 0.25) is 0 Å². The SMILES string of the molecule is O=C(Nc1ccc2c(c1)CNC2)c1cc(F)c2[nH]ccc2c1. The lowest BCUT2D eigenvalue weighted by Gasteiger charge is -2.08. The highest BCUT2D eigenvalue weighted by Crippen LogP contribution is 2.22. The lowest BCUT2D eigenvalue weighted by Crippen LogP contribution is -2.12. The highest BCUT2D eigenvalue weighted by atomic mass is 19.1. The van der Waals surface area contributed by atoms with Gasteiger partial charge in [0, 0.05) is 35.9 Å². The number of aromatic nitrogens is 1. The molecule has 3 aromatic rings. The van der Waals surface area contributed by atoms with Crippen molar-refractivity contribution in [1.82, 2.24) is 10.3 Å². The van der Waals surface area contributed by atoms with E-state index in [1.165, 1.54) is 17.2 Å². The first-order valence-electron chi connectivity index (χ1n) is 7.11. The number of nitrogens with one attached hydrogen (secondary N) is 3. The highest BCUT2D eigenvalue weighted by Gasteiger charge is 2.14. The molecule has 0 fully saturated rings. The van der Waals surface area contributed by atoms with Crippen LogP contribution in [-0.4, -0.2) is 10.9 Å². The van der Waals surface area contributed by atoms with Crippen molar-refractivity contribution < 1.29 is 9.18 Å². The van der Waals surface area contributed by atoms with Crippen LogP contribution in [0.3, 0.4) is 0 Å². The molecular formula is C17H14FN3O. The Bertz CT molecular complexity index is 885. The molecule has 1 aliphatic heterocycles. The molecule has 4 rings (SSSR count). The molecule has 0 radical (unpaired) electrons. The number of aromatic amines is 1. The number of halogens is 1. The third-order valence-electron chi connectivity index (χ3n) is 3.97. The van der Waals surface area contributed by atoms with Gasteiger partial charge >= 0.3 is 0 Å². The van der Waals surface area contributed by atoms with E-state index in [0.717, 1.165) is 18.8 Å². The Hall–Kier alpha value is -2.66. The quantitative estimate of drug-likeness (QED) is 0.680. The van der Waals surface area contributed by atoms with Gasteiger partial charge in [0.25, 0.3) is 5.91 Å². The van der Waals surface area contributed by atoms with E-state index in [-0.39, 0.29) is 5.91 Å². The van der Waals surface area contributed by atoms with Gasteiger partial charge in [0.05, 0.1) is 5.52 Å². The van der Waals surface area contributed by atoms with E-state index in [2.05, 4.69) is 15.6 Å². The zero-order valence-electron chi connectivity index (χ0n) is 11.7. The van der Waals surface area contributed by atoms with Crippen molar-refractivity contribution in [2.45, 2.75) is 13.1 Å². The molecule has 1 aromatic heterocycles. The summed E-state index contributed by atoms with van der Waals surface area (Å²) in [7, 11) is 0. The van der Waals surface area contributed by atoms with E-state index in [0.29, 0.717) is 16.5 Å². The number of anilines is 1. The van der Waals surface area contributed by atoms with Crippen LogP contribution in [0.15, 0.2) is 42.6 Å². The zero-order valence-corrected chi connectivity index (χ0v) is 11.7. The van der Waals surface area contributed by atoms with Crippen molar-refractivity contribution in [3.63, 3.8) is 0 Å². The minimum absolute atomic E-state index is 0.309. The Morgan fingerprint density at radius 3 is 2.86 bits per heavy atom. The third kappa shape index (κ3) is 2.16. The molecule has 4 nitrogen and oxygen atoms in total. The average molecular weight is 295 g/mol. The summed E-state index contributed by atoms with van der Waals surface area (Å²) < 4.78 is 13.9. The summed E-state index contributed by atoms with van der Waals surface area (Å²) in [6, 6.07) is 10.5. The predicted octanol–water partition coefficient (Wildman–Crippen LogP) is 3.16. The van der Waals surface area contributed by atoms with E-state index in [4.69, 9.17) is 0 Å². The number of carbonyl (C=O) groups is 1. The third-order valence-corrected chi connectivity index (χ3v) is 3.97. The Morgan fingerprint density at radius 1 is 1.09 bits per heavy atom. The second-order valence-electron chi connectivity index (χ2n) is 5.44. The van der Waals surface area contributed by atoms with Gasteiger partial charge in [0.2, 0.25) is 0 Å². The fourth-order valence-corrected chi connectivity index (χ4v) is 2.83. The first kappa shape index (κ1) is 13.0. The number of H-pyrrole nitrogens is 1. The highest BCUT2D eigenvalue weighted by molar-refractivity contribution is 6.06. The van der Waals surface area contributed by atoms with E-state index >= 15 is 0 Å². The van der Waals surface area contributed by atoms with Gasteiger partial charge in [-0.05, 0) is 41.5 Å². The zero-order chi connectivity index (χ0) is 15.1. The minimum atomic E-state index is -0.425. The van der Waals surface area contributed by atoms with Gasteiger partial charge in [-0.3, -0.25) is 4.79 Å². The molecule has 22 heavy (non-hydrogen) atoms. The maximum Gasteiger partial charge on any atom is 0.255 e. The Balaban J connectivity index is 1.63. The standard InChI is InChI=1S/C17H14FN3O/c18-15-7-12(5-10-3-4-20-16(10)15)17(22)21-14-2-1-11-8-19-9-13(11)6-14/h1-7,19-20H,8-9H2,(H,21,22). The minimum Gasteiger partial charge on any atom is -0.359 e. The summed E-state index contributed by atoms with van der Waals surface area (Å²) in [5.74, 6) is -0.737. The molecule has 3 N–H and O–H groups in total. The Labute approximate surface area is 126 Å². The average Bonchev–Trinajstić information content (AvgIpc) is 3.15. The molecule has 0 saturated heterocycles. The van der Waals surface area contributed by atoms with Crippen molar-refractivity contribution in [3.05, 3.63) is 65.1 Å². The molecule has 0 aliphatic carbocycles. The summed E-state index contributed by atoms with van der Waals surface area (Å²) in [6.45, 7) is 1.67. The van der Waals surface area contributed by atoms with Crippen molar-refractivity contribution in [2.24, 2.45) is 0 Å². The van der Waals surface area contributed by atoms with Gasteiger partial charge in [-0.25, -0.2) is 4.39 Å². The summed E-state index contributed by atoms with van der Waals surface area (Å²) >= 11 is 0. The summed E-state index contributed by atoms with van der Waals surface area (Å²) in [5, 5.41) is 6.77. The molecule has 0 saturated carbocycles. The first-order valence-corrected chi connectivity index (χ1v) is 7.11. The van der Waals surface area contributed by atoms with Crippen LogP contribution in [0.5, 0.6) is 0 Å². The largest absolute Gasteiger partial charge is 0.359 e. The van der Waals surface area contributed by atoms with Crippen LogP contribution in [0, 0.1) is 5.82 Å². The van der Waals surface area contributed by atoms with Crippen molar-refractivity contribution >= 4 is 22.5 Å². The van der Waals surface area contributed by atoms with Gasteiger partial charge in [-0.1, -0.05) is 6.07 Å². The van der Waals surface area contributed by atoms with Gasteiger partial charge in [0.15, 0.2) is 0 Å². The molecule has 0 bridgehead atoms. The van der Waals surface area contributed by atoms with Gasteiger partial charge < -0.3 is 15.6 Å². The number of hydrogen-bond acceptors (Lipinski definition) is 2. The molecule has 1 amide bonds. The van der Waals surface area contributed by atoms with Gasteiger partial charge in [0.1, 0.15) is 5.82 Å². The topological polar surface area (TPSA) is 56.9 Å². The second kappa shape index (κ2) is 4.96. The van der Waals surface area contributed by atoms with Gasteiger partial charge in [-0.15, -0.1) is 0 Å². The lowest BCUT2D eigenvalue weighted by molar-refractivity contribution is 0.102. The monoisotopic (exact) mass is 295 g/mol. The molecule has 2 aromatic carbocycles. The van der Waals surface area contributed by atoms with E-state index in [1.54, 1.807) is 18.3 Å².